The summed E-state index contributed by atoms with van der Waals surface area (Å²) in [6.07, 6.45) is 1.94. The second-order valence-electron chi connectivity index (χ2n) is 4.47. The highest BCUT2D eigenvalue weighted by molar-refractivity contribution is 8.06. The number of para-hydroxylation sites is 1. The molecule has 18 heavy (non-hydrogen) atoms. The summed E-state index contributed by atoms with van der Waals surface area (Å²) in [6, 6.07) is 10.5. The average Bonchev–Trinajstić information content (AvgIpc) is 2.47. The van der Waals surface area contributed by atoms with Gasteiger partial charge in [-0.05, 0) is 17.7 Å². The smallest absolute Gasteiger partial charge is 0.0702 e. The molecular formula is C14H16N2S2. The molecule has 2 nitrogen and oxygen atoms in total. The number of hydrogen-bond acceptors (Lipinski definition) is 4. The van der Waals surface area contributed by atoms with Crippen LogP contribution in [0.2, 0.25) is 0 Å². The molecule has 1 saturated heterocycles. The van der Waals surface area contributed by atoms with Gasteiger partial charge in [0.25, 0.3) is 0 Å². The number of pyridine rings is 1. The van der Waals surface area contributed by atoms with E-state index in [0.717, 1.165) is 16.8 Å². The zero-order valence-electron chi connectivity index (χ0n) is 10.1. The molecule has 2 heterocycles. The molecule has 2 N–H and O–H groups in total. The van der Waals surface area contributed by atoms with Crippen LogP contribution < -0.4 is 5.73 Å². The van der Waals surface area contributed by atoms with Gasteiger partial charge >= 0.3 is 0 Å². The van der Waals surface area contributed by atoms with Crippen molar-refractivity contribution in [2.24, 2.45) is 5.73 Å². The van der Waals surface area contributed by atoms with Gasteiger partial charge in [0.15, 0.2) is 0 Å². The maximum absolute atomic E-state index is 6.39. The fourth-order valence-corrected chi connectivity index (χ4v) is 5.00. The van der Waals surface area contributed by atoms with Gasteiger partial charge in [-0.2, -0.15) is 23.5 Å². The number of benzene rings is 1. The lowest BCUT2D eigenvalue weighted by molar-refractivity contribution is 0.717. The van der Waals surface area contributed by atoms with Crippen molar-refractivity contribution >= 4 is 34.4 Å². The second kappa shape index (κ2) is 5.51. The molecule has 1 fully saturated rings. The first-order chi connectivity index (χ1) is 8.84. The molecule has 2 atom stereocenters. The van der Waals surface area contributed by atoms with E-state index < -0.39 is 0 Å². The van der Waals surface area contributed by atoms with Gasteiger partial charge in [0.05, 0.1) is 5.52 Å². The molecule has 1 aromatic carbocycles. The highest BCUT2D eigenvalue weighted by Crippen LogP contribution is 2.32. The van der Waals surface area contributed by atoms with Crippen LogP contribution in [-0.2, 0) is 0 Å². The largest absolute Gasteiger partial charge is 0.323 e. The Morgan fingerprint density at radius 1 is 1.28 bits per heavy atom. The zero-order valence-corrected chi connectivity index (χ0v) is 11.7. The van der Waals surface area contributed by atoms with Crippen molar-refractivity contribution in [1.82, 2.24) is 4.98 Å². The lowest BCUT2D eigenvalue weighted by Gasteiger charge is -2.26. The number of thioether (sulfide) groups is 2. The van der Waals surface area contributed by atoms with Gasteiger partial charge in [-0.25, -0.2) is 0 Å². The SMILES string of the molecule is NC(c1cnc2ccccc2c1)C1CSCCS1. The van der Waals surface area contributed by atoms with E-state index in [0.29, 0.717) is 5.25 Å². The Bertz CT molecular complexity index is 538. The van der Waals surface area contributed by atoms with Crippen LogP contribution in [0.3, 0.4) is 0 Å². The van der Waals surface area contributed by atoms with Crippen LogP contribution >= 0.6 is 23.5 Å². The summed E-state index contributed by atoms with van der Waals surface area (Å²) in [6.45, 7) is 0. The molecule has 1 aliphatic heterocycles. The first-order valence-corrected chi connectivity index (χ1v) is 8.34. The van der Waals surface area contributed by atoms with Gasteiger partial charge in [-0.15, -0.1) is 0 Å². The molecule has 94 valence electrons. The molecule has 0 saturated carbocycles. The highest BCUT2D eigenvalue weighted by atomic mass is 32.2. The molecule has 0 spiro atoms. The Hall–Kier alpha value is -0.710. The maximum Gasteiger partial charge on any atom is 0.0702 e. The molecule has 1 aromatic heterocycles. The van der Waals surface area contributed by atoms with Crippen molar-refractivity contribution in [3.8, 4) is 0 Å². The summed E-state index contributed by atoms with van der Waals surface area (Å²) in [7, 11) is 0. The third-order valence-electron chi connectivity index (χ3n) is 3.24. The minimum Gasteiger partial charge on any atom is -0.323 e. The van der Waals surface area contributed by atoms with Crippen molar-refractivity contribution in [2.45, 2.75) is 11.3 Å². The summed E-state index contributed by atoms with van der Waals surface area (Å²) < 4.78 is 0. The minimum absolute atomic E-state index is 0.0971. The van der Waals surface area contributed by atoms with Gasteiger partial charge in [0.1, 0.15) is 0 Å². The van der Waals surface area contributed by atoms with E-state index in [9.17, 15) is 0 Å². The third kappa shape index (κ3) is 2.51. The quantitative estimate of drug-likeness (QED) is 0.915. The fraction of sp³-hybridized carbons (Fsp3) is 0.357. The monoisotopic (exact) mass is 276 g/mol. The molecule has 2 aromatic rings. The lowest BCUT2D eigenvalue weighted by Crippen LogP contribution is -2.28. The fourth-order valence-electron chi connectivity index (χ4n) is 2.20. The summed E-state index contributed by atoms with van der Waals surface area (Å²) in [5.74, 6) is 3.62. The first-order valence-electron chi connectivity index (χ1n) is 6.14. The highest BCUT2D eigenvalue weighted by Gasteiger charge is 2.23. The Balaban J connectivity index is 1.88. The normalized spacial score (nSPS) is 21.9. The van der Waals surface area contributed by atoms with Gasteiger partial charge in [0.2, 0.25) is 0 Å². The molecule has 1 aliphatic rings. The van der Waals surface area contributed by atoms with Crippen molar-refractivity contribution in [2.75, 3.05) is 17.3 Å². The van der Waals surface area contributed by atoms with Crippen LogP contribution in [-0.4, -0.2) is 27.5 Å². The van der Waals surface area contributed by atoms with Crippen LogP contribution in [0.4, 0.5) is 0 Å². The molecule has 3 rings (SSSR count). The van der Waals surface area contributed by atoms with E-state index in [1.165, 1.54) is 16.9 Å². The van der Waals surface area contributed by atoms with Gasteiger partial charge in [-0.3, -0.25) is 4.98 Å². The standard InChI is InChI=1S/C14H16N2S2/c15-14(13-9-17-5-6-18-13)11-7-10-3-1-2-4-12(10)16-8-11/h1-4,7-8,13-14H,5-6,9,15H2. The van der Waals surface area contributed by atoms with Crippen LogP contribution in [0.15, 0.2) is 36.5 Å². The molecule has 0 aliphatic carbocycles. The molecule has 2 unspecified atom stereocenters. The van der Waals surface area contributed by atoms with Crippen molar-refractivity contribution in [1.29, 1.82) is 0 Å². The van der Waals surface area contributed by atoms with E-state index in [4.69, 9.17) is 5.73 Å². The topological polar surface area (TPSA) is 38.9 Å². The van der Waals surface area contributed by atoms with Crippen LogP contribution in [0.1, 0.15) is 11.6 Å². The molecule has 0 radical (unpaired) electrons. The van der Waals surface area contributed by atoms with Crippen molar-refractivity contribution < 1.29 is 0 Å². The van der Waals surface area contributed by atoms with Gasteiger partial charge in [-0.1, -0.05) is 18.2 Å². The predicted octanol–water partition coefficient (Wildman–Crippen LogP) is 3.08. The average molecular weight is 276 g/mol. The Kier molecular flexibility index (Phi) is 3.77. The van der Waals surface area contributed by atoms with E-state index in [2.05, 4.69) is 17.1 Å². The number of rotatable bonds is 2. The maximum atomic E-state index is 6.39. The van der Waals surface area contributed by atoms with Crippen LogP contribution in [0, 0.1) is 0 Å². The van der Waals surface area contributed by atoms with Crippen molar-refractivity contribution in [3.63, 3.8) is 0 Å². The molecular weight excluding hydrogens is 260 g/mol. The summed E-state index contributed by atoms with van der Waals surface area (Å²) >= 11 is 4.01. The van der Waals surface area contributed by atoms with Gasteiger partial charge in [0, 0.05) is 40.1 Å². The molecule has 0 amide bonds. The zero-order chi connectivity index (χ0) is 12.4. The number of nitrogens with zero attached hydrogens (tertiary/aromatic N) is 1. The Morgan fingerprint density at radius 2 is 2.17 bits per heavy atom. The molecule has 4 heteroatoms. The first kappa shape index (κ1) is 12.3. The summed E-state index contributed by atoms with van der Waals surface area (Å²) in [5, 5.41) is 1.70. The van der Waals surface area contributed by atoms with E-state index in [1.54, 1.807) is 0 Å². The van der Waals surface area contributed by atoms with Crippen LogP contribution in [0.5, 0.6) is 0 Å². The van der Waals surface area contributed by atoms with Gasteiger partial charge < -0.3 is 5.73 Å². The summed E-state index contributed by atoms with van der Waals surface area (Å²) in [5.41, 5.74) is 8.59. The number of nitrogens with two attached hydrogens (primary N) is 1. The van der Waals surface area contributed by atoms with Crippen LogP contribution in [0.25, 0.3) is 10.9 Å². The Labute approximate surface area is 116 Å². The van der Waals surface area contributed by atoms with Crippen molar-refractivity contribution in [3.05, 3.63) is 42.1 Å². The lowest BCUT2D eigenvalue weighted by atomic mass is 10.0. The van der Waals surface area contributed by atoms with E-state index in [1.807, 2.05) is 47.9 Å². The number of fused-ring (bicyclic) bond motifs is 1. The molecule has 0 bridgehead atoms. The summed E-state index contributed by atoms with van der Waals surface area (Å²) in [4.78, 5) is 4.50. The van der Waals surface area contributed by atoms with E-state index >= 15 is 0 Å². The number of hydrogen-bond donors (Lipinski definition) is 1. The minimum atomic E-state index is 0.0971. The third-order valence-corrected chi connectivity index (χ3v) is 6.12. The second-order valence-corrected chi connectivity index (χ2v) is 6.97. The van der Waals surface area contributed by atoms with E-state index in [-0.39, 0.29) is 6.04 Å². The predicted molar refractivity (Wildman–Crippen MR) is 82.2 cm³/mol. The number of aromatic nitrogens is 1. The Morgan fingerprint density at radius 3 is 3.00 bits per heavy atom.